The quantitative estimate of drug-likeness (QED) is 0.359. The van der Waals surface area contributed by atoms with Gasteiger partial charge in [-0.25, -0.2) is 9.18 Å². The number of nitriles is 1. The highest BCUT2D eigenvalue weighted by Crippen LogP contribution is 2.25. The standard InChI is InChI=1S/C22H23Cl2FN6O/c1-14(2)20-12-30(22(32)28-17-6-3-15(23)4-7-17)9-10-31(20)21(27-13-26)29-19-8-5-16(25)11-18(19)24/h3-8,11,14,20H,9-10,12H2,1-2H3,(H,27,29)(H,28,32). The Hall–Kier alpha value is -3.02. The number of urea groups is 1. The largest absolute Gasteiger partial charge is 0.335 e. The second-order valence-electron chi connectivity index (χ2n) is 7.67. The summed E-state index contributed by atoms with van der Waals surface area (Å²) in [5.41, 5.74) is 1.09. The lowest BCUT2D eigenvalue weighted by Gasteiger charge is -2.44. The molecule has 0 radical (unpaired) electrons. The third-order valence-electron chi connectivity index (χ3n) is 5.18. The number of anilines is 2. The van der Waals surface area contributed by atoms with Gasteiger partial charge < -0.3 is 20.4 Å². The molecule has 1 fully saturated rings. The van der Waals surface area contributed by atoms with Gasteiger partial charge in [-0.1, -0.05) is 37.0 Å². The number of benzene rings is 2. The van der Waals surface area contributed by atoms with E-state index in [4.69, 9.17) is 23.2 Å². The van der Waals surface area contributed by atoms with Crippen LogP contribution in [0.25, 0.3) is 0 Å². The molecule has 0 bridgehead atoms. The number of carbonyl (C=O) groups is 1. The minimum absolute atomic E-state index is 0.112. The molecule has 0 aliphatic carbocycles. The molecule has 3 rings (SSSR count). The molecule has 1 unspecified atom stereocenters. The first-order valence-corrected chi connectivity index (χ1v) is 10.8. The highest BCUT2D eigenvalue weighted by molar-refractivity contribution is 6.33. The number of piperazine rings is 1. The van der Waals surface area contributed by atoms with Gasteiger partial charge in [0, 0.05) is 30.3 Å². The van der Waals surface area contributed by atoms with Gasteiger partial charge in [-0.15, -0.1) is 4.99 Å². The average molecular weight is 477 g/mol. The maximum atomic E-state index is 13.4. The van der Waals surface area contributed by atoms with Crippen molar-refractivity contribution in [2.45, 2.75) is 19.9 Å². The SMILES string of the molecule is CC(C)C1CN(C(=O)Nc2ccc(Cl)cc2)CCN1/C(=N/C#N)Nc1ccc(F)cc1Cl. The maximum absolute atomic E-state index is 13.4. The van der Waals surface area contributed by atoms with E-state index in [0.29, 0.717) is 42.0 Å². The fourth-order valence-electron chi connectivity index (χ4n) is 3.49. The summed E-state index contributed by atoms with van der Waals surface area (Å²) >= 11 is 12.0. The van der Waals surface area contributed by atoms with Crippen LogP contribution < -0.4 is 10.6 Å². The van der Waals surface area contributed by atoms with Crippen molar-refractivity contribution in [3.8, 4) is 6.19 Å². The minimum atomic E-state index is -0.459. The number of hydrogen-bond donors (Lipinski definition) is 2. The molecule has 2 N–H and O–H groups in total. The average Bonchev–Trinajstić information content (AvgIpc) is 2.76. The number of nitrogens with zero attached hydrogens (tertiary/aromatic N) is 4. The summed E-state index contributed by atoms with van der Waals surface area (Å²) < 4.78 is 13.4. The number of carbonyl (C=O) groups excluding carboxylic acids is 1. The highest BCUT2D eigenvalue weighted by atomic mass is 35.5. The molecule has 0 saturated carbocycles. The fourth-order valence-corrected chi connectivity index (χ4v) is 3.83. The normalized spacial score (nSPS) is 16.7. The van der Waals surface area contributed by atoms with Crippen LogP contribution in [0.5, 0.6) is 0 Å². The topological polar surface area (TPSA) is 83.8 Å². The summed E-state index contributed by atoms with van der Waals surface area (Å²) in [5.74, 6) is -0.00678. The van der Waals surface area contributed by atoms with Gasteiger partial charge in [-0.2, -0.15) is 5.26 Å². The Labute approximate surface area is 196 Å². The van der Waals surface area contributed by atoms with E-state index in [-0.39, 0.29) is 23.0 Å². The number of aliphatic imine (C=N–C) groups is 1. The summed E-state index contributed by atoms with van der Waals surface area (Å²) in [6.45, 7) is 5.37. The van der Waals surface area contributed by atoms with Crippen molar-refractivity contribution in [1.82, 2.24) is 9.80 Å². The third-order valence-corrected chi connectivity index (χ3v) is 5.74. The van der Waals surface area contributed by atoms with Crippen molar-refractivity contribution in [3.05, 3.63) is 58.3 Å². The molecule has 2 aromatic rings. The van der Waals surface area contributed by atoms with E-state index in [9.17, 15) is 14.4 Å². The monoisotopic (exact) mass is 476 g/mol. The predicted octanol–water partition coefficient (Wildman–Crippen LogP) is 5.26. The molecule has 2 aromatic carbocycles. The van der Waals surface area contributed by atoms with E-state index in [1.54, 1.807) is 29.2 Å². The molecular formula is C22H23Cl2FN6O. The smallest absolute Gasteiger partial charge is 0.321 e. The van der Waals surface area contributed by atoms with Gasteiger partial charge in [0.05, 0.1) is 16.8 Å². The van der Waals surface area contributed by atoms with Crippen LogP contribution in [-0.2, 0) is 0 Å². The second kappa shape index (κ2) is 10.5. The zero-order valence-corrected chi connectivity index (χ0v) is 19.2. The van der Waals surface area contributed by atoms with Crippen LogP contribution >= 0.6 is 23.2 Å². The Morgan fingerprint density at radius 1 is 1.19 bits per heavy atom. The number of guanidine groups is 1. The van der Waals surface area contributed by atoms with Crippen LogP contribution in [0.15, 0.2) is 47.5 Å². The van der Waals surface area contributed by atoms with E-state index in [1.807, 2.05) is 24.9 Å². The molecular weight excluding hydrogens is 454 g/mol. The van der Waals surface area contributed by atoms with Gasteiger partial charge in [-0.3, -0.25) is 0 Å². The minimum Gasteiger partial charge on any atom is -0.335 e. The summed E-state index contributed by atoms with van der Waals surface area (Å²) in [6, 6.07) is 10.5. The van der Waals surface area contributed by atoms with Gasteiger partial charge in [0.25, 0.3) is 0 Å². The molecule has 1 heterocycles. The van der Waals surface area contributed by atoms with Crippen molar-refractivity contribution >= 4 is 46.6 Å². The van der Waals surface area contributed by atoms with Gasteiger partial charge in [0.1, 0.15) is 5.82 Å². The summed E-state index contributed by atoms with van der Waals surface area (Å²) in [4.78, 5) is 20.4. The van der Waals surface area contributed by atoms with Crippen LogP contribution in [-0.4, -0.2) is 47.5 Å². The molecule has 32 heavy (non-hydrogen) atoms. The van der Waals surface area contributed by atoms with E-state index >= 15 is 0 Å². The van der Waals surface area contributed by atoms with Crippen molar-refractivity contribution in [2.75, 3.05) is 30.3 Å². The predicted molar refractivity (Wildman–Crippen MR) is 125 cm³/mol. The lowest BCUT2D eigenvalue weighted by atomic mass is 10.00. The van der Waals surface area contributed by atoms with Crippen LogP contribution in [0.3, 0.4) is 0 Å². The van der Waals surface area contributed by atoms with E-state index < -0.39 is 5.82 Å². The van der Waals surface area contributed by atoms with Crippen LogP contribution in [0.4, 0.5) is 20.6 Å². The number of hydrogen-bond acceptors (Lipinski definition) is 3. The van der Waals surface area contributed by atoms with Gasteiger partial charge >= 0.3 is 6.03 Å². The summed E-state index contributed by atoms with van der Waals surface area (Å²) in [5, 5.41) is 15.9. The lowest BCUT2D eigenvalue weighted by molar-refractivity contribution is 0.120. The Bertz CT molecular complexity index is 1040. The van der Waals surface area contributed by atoms with Crippen molar-refractivity contribution in [2.24, 2.45) is 10.9 Å². The molecule has 1 aliphatic heterocycles. The molecule has 10 heteroatoms. The molecule has 1 aliphatic rings. The van der Waals surface area contributed by atoms with Crippen LogP contribution in [0.1, 0.15) is 13.8 Å². The first kappa shape index (κ1) is 23.6. The van der Waals surface area contributed by atoms with Crippen molar-refractivity contribution in [3.63, 3.8) is 0 Å². The van der Waals surface area contributed by atoms with Crippen LogP contribution in [0, 0.1) is 23.2 Å². The molecule has 1 saturated heterocycles. The molecule has 168 valence electrons. The zero-order chi connectivity index (χ0) is 23.3. The first-order chi connectivity index (χ1) is 15.3. The number of rotatable bonds is 3. The van der Waals surface area contributed by atoms with Gasteiger partial charge in [0.15, 0.2) is 0 Å². The fraction of sp³-hybridized carbons (Fsp3) is 0.318. The Morgan fingerprint density at radius 2 is 1.91 bits per heavy atom. The van der Waals surface area contributed by atoms with E-state index in [0.717, 1.165) is 0 Å². The number of halogens is 3. The Morgan fingerprint density at radius 3 is 2.53 bits per heavy atom. The summed E-state index contributed by atoms with van der Waals surface area (Å²) in [6.07, 6.45) is 1.81. The Kier molecular flexibility index (Phi) is 7.78. The Balaban J connectivity index is 1.75. The first-order valence-electron chi connectivity index (χ1n) is 10.1. The highest BCUT2D eigenvalue weighted by Gasteiger charge is 2.34. The summed E-state index contributed by atoms with van der Waals surface area (Å²) in [7, 11) is 0. The van der Waals surface area contributed by atoms with E-state index in [2.05, 4.69) is 15.6 Å². The lowest BCUT2D eigenvalue weighted by Crippen LogP contribution is -2.60. The molecule has 1 atom stereocenters. The zero-order valence-electron chi connectivity index (χ0n) is 17.6. The second-order valence-corrected chi connectivity index (χ2v) is 8.52. The number of nitrogens with one attached hydrogen (secondary N) is 2. The maximum Gasteiger partial charge on any atom is 0.321 e. The van der Waals surface area contributed by atoms with E-state index in [1.165, 1.54) is 18.2 Å². The molecule has 0 spiro atoms. The molecule has 7 nitrogen and oxygen atoms in total. The molecule has 0 aromatic heterocycles. The van der Waals surface area contributed by atoms with Gasteiger partial charge in [0.2, 0.25) is 12.2 Å². The van der Waals surface area contributed by atoms with Crippen molar-refractivity contribution < 1.29 is 9.18 Å². The number of amides is 2. The van der Waals surface area contributed by atoms with Gasteiger partial charge in [-0.05, 0) is 48.4 Å². The third kappa shape index (κ3) is 5.81. The van der Waals surface area contributed by atoms with Crippen LogP contribution in [0.2, 0.25) is 10.0 Å². The molecule has 2 amide bonds. The van der Waals surface area contributed by atoms with Crippen molar-refractivity contribution in [1.29, 1.82) is 5.26 Å².